The number of hydrogen-bond donors (Lipinski definition) is 0. The van der Waals surface area contributed by atoms with Crippen molar-refractivity contribution >= 4 is 0 Å². The minimum absolute atomic E-state index is 1.12. The molecule has 0 aromatic rings. The first-order chi connectivity index (χ1) is 6.28. The molecular weight excluding hydrogens is 156 g/mol. The van der Waals surface area contributed by atoms with E-state index in [0.717, 1.165) is 19.3 Å². The van der Waals surface area contributed by atoms with Crippen LogP contribution in [-0.4, -0.2) is 0 Å². The maximum Gasteiger partial charge on any atom is -0.0311 e. The molecule has 0 unspecified atom stereocenters. The van der Waals surface area contributed by atoms with E-state index in [1.807, 2.05) is 0 Å². The Morgan fingerprint density at radius 1 is 1.00 bits per heavy atom. The van der Waals surface area contributed by atoms with Crippen LogP contribution in [-0.2, 0) is 0 Å². The topological polar surface area (TPSA) is 0 Å². The lowest BCUT2D eigenvalue weighted by atomic mass is 10.1. The van der Waals surface area contributed by atoms with E-state index >= 15 is 0 Å². The maximum absolute atomic E-state index is 2.24. The zero-order chi connectivity index (χ0) is 10.1. The van der Waals surface area contributed by atoms with Crippen LogP contribution in [0.3, 0.4) is 0 Å². The molecule has 0 radical (unpaired) electrons. The van der Waals surface area contributed by atoms with Crippen molar-refractivity contribution < 1.29 is 0 Å². The first-order valence-electron chi connectivity index (χ1n) is 5.29. The average Bonchev–Trinajstić information content (AvgIpc) is 2.19. The van der Waals surface area contributed by atoms with Gasteiger partial charge in [-0.15, -0.1) is 0 Å². The first-order valence-corrected chi connectivity index (χ1v) is 5.29. The molecule has 0 heterocycles. The minimum atomic E-state index is 1.12. The van der Waals surface area contributed by atoms with Gasteiger partial charge in [0.25, 0.3) is 0 Å². The Hall–Kier alpha value is -0.780. The molecule has 0 spiro atoms. The van der Waals surface area contributed by atoms with Crippen LogP contribution >= 0.6 is 0 Å². The van der Waals surface area contributed by atoms with Crippen molar-refractivity contribution in [1.82, 2.24) is 0 Å². The Bertz CT molecular complexity index is 198. The van der Waals surface area contributed by atoms with Crippen molar-refractivity contribution in [3.63, 3.8) is 0 Å². The first kappa shape index (κ1) is 12.2. The van der Waals surface area contributed by atoms with Crippen LogP contribution in [0.5, 0.6) is 0 Å². The third-order valence-corrected chi connectivity index (χ3v) is 2.33. The van der Waals surface area contributed by atoms with Gasteiger partial charge in [0.2, 0.25) is 0 Å². The summed E-state index contributed by atoms with van der Waals surface area (Å²) in [5, 5.41) is 0. The quantitative estimate of drug-likeness (QED) is 0.538. The zero-order valence-electron chi connectivity index (χ0n) is 9.43. The standard InChI is InChI=1S/C13H22/c1-5-12(6-2)10-9-11-13(7-3)8-4/h5,9-11H,6-8H2,1-4H3. The molecular formula is C13H22. The number of rotatable bonds is 5. The predicted molar refractivity (Wildman–Crippen MR) is 61.9 cm³/mol. The molecule has 0 rings (SSSR count). The molecule has 0 heteroatoms. The van der Waals surface area contributed by atoms with Crippen LogP contribution in [0.2, 0.25) is 0 Å². The molecule has 0 saturated carbocycles. The summed E-state index contributed by atoms with van der Waals surface area (Å²) in [5.41, 5.74) is 2.92. The van der Waals surface area contributed by atoms with Gasteiger partial charge in [-0.25, -0.2) is 0 Å². The van der Waals surface area contributed by atoms with Crippen LogP contribution < -0.4 is 0 Å². The number of hydrogen-bond acceptors (Lipinski definition) is 0. The van der Waals surface area contributed by atoms with Gasteiger partial charge >= 0.3 is 0 Å². The molecule has 0 atom stereocenters. The SMILES string of the molecule is CC=C(C=CC=C(CC)CC)CC. The van der Waals surface area contributed by atoms with E-state index in [9.17, 15) is 0 Å². The summed E-state index contributed by atoms with van der Waals surface area (Å²) in [5.74, 6) is 0. The molecule has 0 aromatic carbocycles. The number of allylic oxidation sites excluding steroid dienone is 6. The van der Waals surface area contributed by atoms with Crippen molar-refractivity contribution in [3.05, 3.63) is 35.5 Å². The highest BCUT2D eigenvalue weighted by molar-refractivity contribution is 5.23. The van der Waals surface area contributed by atoms with Crippen molar-refractivity contribution in [1.29, 1.82) is 0 Å². The Balaban J connectivity index is 4.19. The monoisotopic (exact) mass is 178 g/mol. The largest absolute Gasteiger partial charge is 0.0845 e. The van der Waals surface area contributed by atoms with Gasteiger partial charge in [0, 0.05) is 0 Å². The molecule has 0 aliphatic carbocycles. The summed E-state index contributed by atoms with van der Waals surface area (Å²) >= 11 is 0. The van der Waals surface area contributed by atoms with E-state index in [4.69, 9.17) is 0 Å². The maximum atomic E-state index is 2.24. The molecule has 74 valence electrons. The summed E-state index contributed by atoms with van der Waals surface area (Å²) < 4.78 is 0. The third-order valence-electron chi connectivity index (χ3n) is 2.33. The minimum Gasteiger partial charge on any atom is -0.0845 e. The predicted octanol–water partition coefficient (Wildman–Crippen LogP) is 4.65. The summed E-state index contributed by atoms with van der Waals surface area (Å²) in [6, 6.07) is 0. The van der Waals surface area contributed by atoms with Crippen LogP contribution in [0, 0.1) is 0 Å². The van der Waals surface area contributed by atoms with Gasteiger partial charge in [-0.1, -0.05) is 56.2 Å². The van der Waals surface area contributed by atoms with Gasteiger partial charge in [0.15, 0.2) is 0 Å². The molecule has 13 heavy (non-hydrogen) atoms. The van der Waals surface area contributed by atoms with Gasteiger partial charge < -0.3 is 0 Å². The van der Waals surface area contributed by atoms with Gasteiger partial charge in [-0.3, -0.25) is 0 Å². The summed E-state index contributed by atoms with van der Waals surface area (Å²) in [7, 11) is 0. The molecule has 0 bridgehead atoms. The lowest BCUT2D eigenvalue weighted by Crippen LogP contribution is -1.76. The summed E-state index contributed by atoms with van der Waals surface area (Å²) in [4.78, 5) is 0. The summed E-state index contributed by atoms with van der Waals surface area (Å²) in [6.07, 6.45) is 12.2. The summed E-state index contributed by atoms with van der Waals surface area (Å²) in [6.45, 7) is 8.69. The highest BCUT2D eigenvalue weighted by Crippen LogP contribution is 2.07. The Kier molecular flexibility index (Phi) is 7.38. The molecule has 0 N–H and O–H groups in total. The average molecular weight is 178 g/mol. The second kappa shape index (κ2) is 7.85. The van der Waals surface area contributed by atoms with E-state index in [0.29, 0.717) is 0 Å². The van der Waals surface area contributed by atoms with E-state index in [2.05, 4.69) is 52.0 Å². The molecule has 0 aliphatic rings. The lowest BCUT2D eigenvalue weighted by molar-refractivity contribution is 0.978. The Labute approximate surface area is 83.0 Å². The second-order valence-electron chi connectivity index (χ2n) is 3.11. The van der Waals surface area contributed by atoms with E-state index < -0.39 is 0 Å². The van der Waals surface area contributed by atoms with Gasteiger partial charge in [0.05, 0.1) is 0 Å². The molecule has 0 aromatic heterocycles. The van der Waals surface area contributed by atoms with E-state index in [1.165, 1.54) is 11.1 Å². The van der Waals surface area contributed by atoms with Gasteiger partial charge in [0.1, 0.15) is 0 Å². The van der Waals surface area contributed by atoms with Crippen LogP contribution in [0.25, 0.3) is 0 Å². The Morgan fingerprint density at radius 3 is 2.00 bits per heavy atom. The molecule has 0 fully saturated rings. The van der Waals surface area contributed by atoms with Crippen molar-refractivity contribution in [2.75, 3.05) is 0 Å². The molecule has 0 nitrogen and oxygen atoms in total. The fourth-order valence-electron chi connectivity index (χ4n) is 1.21. The van der Waals surface area contributed by atoms with Crippen LogP contribution in [0.4, 0.5) is 0 Å². The second-order valence-corrected chi connectivity index (χ2v) is 3.11. The van der Waals surface area contributed by atoms with E-state index in [1.54, 1.807) is 0 Å². The van der Waals surface area contributed by atoms with Crippen molar-refractivity contribution in [3.8, 4) is 0 Å². The normalized spacial score (nSPS) is 12.2. The van der Waals surface area contributed by atoms with Gasteiger partial charge in [-0.2, -0.15) is 0 Å². The molecule has 0 amide bonds. The van der Waals surface area contributed by atoms with Crippen molar-refractivity contribution in [2.24, 2.45) is 0 Å². The lowest BCUT2D eigenvalue weighted by Gasteiger charge is -1.96. The Morgan fingerprint density at radius 2 is 1.62 bits per heavy atom. The zero-order valence-corrected chi connectivity index (χ0v) is 9.43. The van der Waals surface area contributed by atoms with E-state index in [-0.39, 0.29) is 0 Å². The highest BCUT2D eigenvalue weighted by atomic mass is 13.9. The molecule has 0 saturated heterocycles. The highest BCUT2D eigenvalue weighted by Gasteiger charge is 1.86. The molecule has 0 aliphatic heterocycles. The smallest absolute Gasteiger partial charge is 0.0311 e. The van der Waals surface area contributed by atoms with Crippen LogP contribution in [0.1, 0.15) is 47.0 Å². The van der Waals surface area contributed by atoms with Crippen LogP contribution in [0.15, 0.2) is 35.5 Å². The fraction of sp³-hybridized carbons (Fsp3) is 0.538. The van der Waals surface area contributed by atoms with Gasteiger partial charge in [-0.05, 0) is 26.2 Å². The fourth-order valence-corrected chi connectivity index (χ4v) is 1.21. The third kappa shape index (κ3) is 5.46. The van der Waals surface area contributed by atoms with Crippen molar-refractivity contribution in [2.45, 2.75) is 47.0 Å².